The van der Waals surface area contributed by atoms with Crippen molar-refractivity contribution in [2.45, 2.75) is 6.42 Å². The fraction of sp³-hybridized carbons (Fsp3) is 0.333. The summed E-state index contributed by atoms with van der Waals surface area (Å²) in [6.07, 6.45) is 0.526. The van der Waals surface area contributed by atoms with E-state index in [4.69, 9.17) is 16.2 Å². The molecule has 1 saturated heterocycles. The molecule has 0 unspecified atom stereocenters. The van der Waals surface area contributed by atoms with Gasteiger partial charge in [0, 0.05) is 19.6 Å². The SMILES string of the molecule is CN1CCCN(C(=O)Oc2ccccc2/N=N/c2ccc(N)nc2N)CC1. The number of azo groups is 1. The summed E-state index contributed by atoms with van der Waals surface area (Å²) in [7, 11) is 2.04. The van der Waals surface area contributed by atoms with Crippen molar-refractivity contribution in [3.8, 4) is 5.75 Å². The normalized spacial score (nSPS) is 15.7. The number of ether oxygens (including phenoxy) is 1. The average molecular weight is 369 g/mol. The van der Waals surface area contributed by atoms with E-state index in [1.54, 1.807) is 41.3 Å². The molecule has 0 aliphatic carbocycles. The van der Waals surface area contributed by atoms with E-state index >= 15 is 0 Å². The molecule has 142 valence electrons. The van der Waals surface area contributed by atoms with Gasteiger partial charge in [0.25, 0.3) is 0 Å². The molecule has 27 heavy (non-hydrogen) atoms. The van der Waals surface area contributed by atoms with E-state index < -0.39 is 0 Å². The maximum absolute atomic E-state index is 12.5. The molecule has 0 atom stereocenters. The first-order valence-electron chi connectivity index (χ1n) is 8.71. The molecule has 1 fully saturated rings. The molecule has 1 amide bonds. The van der Waals surface area contributed by atoms with Crippen molar-refractivity contribution < 1.29 is 9.53 Å². The van der Waals surface area contributed by atoms with Crippen LogP contribution in [-0.2, 0) is 0 Å². The Hall–Kier alpha value is -3.20. The zero-order valence-electron chi connectivity index (χ0n) is 15.2. The van der Waals surface area contributed by atoms with Crippen LogP contribution in [0.4, 0.5) is 27.8 Å². The van der Waals surface area contributed by atoms with Crippen LogP contribution in [0.25, 0.3) is 0 Å². The number of hydrogen-bond donors (Lipinski definition) is 2. The highest BCUT2D eigenvalue weighted by Crippen LogP contribution is 2.30. The van der Waals surface area contributed by atoms with Crippen LogP contribution in [-0.4, -0.2) is 54.1 Å². The Bertz CT molecular complexity index is 840. The fourth-order valence-electron chi connectivity index (χ4n) is 2.69. The van der Waals surface area contributed by atoms with Crippen LogP contribution in [0.5, 0.6) is 5.75 Å². The van der Waals surface area contributed by atoms with E-state index in [1.807, 2.05) is 7.05 Å². The van der Waals surface area contributed by atoms with Gasteiger partial charge in [-0.2, -0.15) is 0 Å². The van der Waals surface area contributed by atoms with Crippen molar-refractivity contribution in [2.75, 3.05) is 44.7 Å². The lowest BCUT2D eigenvalue weighted by molar-refractivity contribution is 0.154. The van der Waals surface area contributed by atoms with Crippen LogP contribution in [0.1, 0.15) is 6.42 Å². The molecule has 4 N–H and O–H groups in total. The Kier molecular flexibility index (Phi) is 5.82. The van der Waals surface area contributed by atoms with Crippen LogP contribution in [0.15, 0.2) is 46.6 Å². The number of carbonyl (C=O) groups excluding carboxylic acids is 1. The van der Waals surface area contributed by atoms with Crippen LogP contribution >= 0.6 is 0 Å². The number of hydrogen-bond acceptors (Lipinski definition) is 8. The number of nitrogens with two attached hydrogens (primary N) is 2. The third-order valence-electron chi connectivity index (χ3n) is 4.23. The summed E-state index contributed by atoms with van der Waals surface area (Å²) in [6.45, 7) is 3.08. The number of amides is 1. The first-order valence-corrected chi connectivity index (χ1v) is 8.71. The molecular weight excluding hydrogens is 346 g/mol. The van der Waals surface area contributed by atoms with Gasteiger partial charge in [-0.3, -0.25) is 0 Å². The molecule has 2 aromatic rings. The largest absolute Gasteiger partial charge is 0.415 e. The predicted octanol–water partition coefficient (Wildman–Crippen LogP) is 2.80. The zero-order chi connectivity index (χ0) is 19.2. The number of likely N-dealkylation sites (N-methyl/N-ethyl adjacent to an activating group) is 1. The third-order valence-corrected chi connectivity index (χ3v) is 4.23. The molecule has 3 rings (SSSR count). The molecule has 0 spiro atoms. The first kappa shape index (κ1) is 18.6. The van der Waals surface area contributed by atoms with Crippen molar-refractivity contribution in [3.63, 3.8) is 0 Å². The minimum absolute atomic E-state index is 0.182. The van der Waals surface area contributed by atoms with Gasteiger partial charge in [-0.1, -0.05) is 12.1 Å². The number of aromatic nitrogens is 1. The lowest BCUT2D eigenvalue weighted by Gasteiger charge is -2.20. The van der Waals surface area contributed by atoms with Crippen molar-refractivity contribution in [2.24, 2.45) is 10.2 Å². The summed E-state index contributed by atoms with van der Waals surface area (Å²) in [5, 5.41) is 8.25. The van der Waals surface area contributed by atoms with Crippen LogP contribution in [0.2, 0.25) is 0 Å². The fourth-order valence-corrected chi connectivity index (χ4v) is 2.69. The van der Waals surface area contributed by atoms with E-state index in [0.29, 0.717) is 36.0 Å². The highest BCUT2D eigenvalue weighted by atomic mass is 16.6. The van der Waals surface area contributed by atoms with Gasteiger partial charge in [-0.05, 0) is 44.3 Å². The van der Waals surface area contributed by atoms with Gasteiger partial charge in [-0.25, -0.2) is 9.78 Å². The Morgan fingerprint density at radius 1 is 1.04 bits per heavy atom. The summed E-state index contributed by atoms with van der Waals surface area (Å²) in [4.78, 5) is 20.4. The summed E-state index contributed by atoms with van der Waals surface area (Å²) < 4.78 is 5.56. The molecule has 1 aliphatic rings. The van der Waals surface area contributed by atoms with Crippen LogP contribution in [0.3, 0.4) is 0 Å². The van der Waals surface area contributed by atoms with Gasteiger partial charge in [0.15, 0.2) is 11.6 Å². The van der Waals surface area contributed by atoms with Crippen molar-refractivity contribution in [1.82, 2.24) is 14.8 Å². The highest BCUT2D eigenvalue weighted by Gasteiger charge is 2.20. The third kappa shape index (κ3) is 4.91. The number of anilines is 2. The maximum atomic E-state index is 12.5. The van der Waals surface area contributed by atoms with Gasteiger partial charge in [0.2, 0.25) is 0 Å². The minimum Gasteiger partial charge on any atom is -0.408 e. The van der Waals surface area contributed by atoms with E-state index in [1.165, 1.54) is 0 Å². The molecule has 0 bridgehead atoms. The molecule has 0 saturated carbocycles. The van der Waals surface area contributed by atoms with Gasteiger partial charge in [0.1, 0.15) is 17.2 Å². The van der Waals surface area contributed by atoms with E-state index in [-0.39, 0.29) is 11.9 Å². The Labute approximate surface area is 157 Å². The Morgan fingerprint density at radius 3 is 2.63 bits per heavy atom. The second-order valence-corrected chi connectivity index (χ2v) is 6.32. The van der Waals surface area contributed by atoms with Gasteiger partial charge in [-0.15, -0.1) is 10.2 Å². The van der Waals surface area contributed by atoms with Crippen molar-refractivity contribution in [3.05, 3.63) is 36.4 Å². The quantitative estimate of drug-likeness (QED) is 0.802. The first-order chi connectivity index (χ1) is 13.0. The number of nitrogen functional groups attached to an aromatic ring is 2. The Morgan fingerprint density at radius 2 is 1.81 bits per heavy atom. The summed E-state index contributed by atoms with van der Waals surface area (Å²) in [5.41, 5.74) is 12.2. The molecular formula is C18H23N7O2. The second kappa shape index (κ2) is 8.45. The van der Waals surface area contributed by atoms with Gasteiger partial charge >= 0.3 is 6.09 Å². The van der Waals surface area contributed by atoms with Crippen molar-refractivity contribution >= 4 is 29.1 Å². The summed E-state index contributed by atoms with van der Waals surface area (Å²) >= 11 is 0. The van der Waals surface area contributed by atoms with E-state index in [2.05, 4.69) is 20.1 Å². The molecule has 1 aromatic heterocycles. The number of pyridine rings is 1. The number of carbonyl (C=O) groups is 1. The van der Waals surface area contributed by atoms with Gasteiger partial charge in [0.05, 0.1) is 0 Å². The monoisotopic (exact) mass is 369 g/mol. The van der Waals surface area contributed by atoms with Crippen LogP contribution < -0.4 is 16.2 Å². The second-order valence-electron chi connectivity index (χ2n) is 6.32. The number of rotatable bonds is 3. The maximum Gasteiger partial charge on any atom is 0.415 e. The highest BCUT2D eigenvalue weighted by molar-refractivity contribution is 5.73. The number of nitrogens with zero attached hydrogens (tertiary/aromatic N) is 5. The molecule has 1 aromatic carbocycles. The van der Waals surface area contributed by atoms with Gasteiger partial charge < -0.3 is 26.0 Å². The zero-order valence-corrected chi connectivity index (χ0v) is 15.2. The number of para-hydroxylation sites is 1. The minimum atomic E-state index is -0.387. The molecule has 1 aliphatic heterocycles. The molecule has 9 nitrogen and oxygen atoms in total. The standard InChI is InChI=1S/C18H23N7O2/c1-24-9-4-10-25(12-11-24)18(26)27-15-6-3-2-5-13(15)22-23-14-7-8-16(19)21-17(14)20/h2-3,5-8H,4,9-12H2,1H3,(H4,19,20,21)/b23-22+. The lowest BCUT2D eigenvalue weighted by Crippen LogP contribution is -2.36. The Balaban J connectivity index is 1.73. The molecule has 2 heterocycles. The summed E-state index contributed by atoms with van der Waals surface area (Å²) in [5.74, 6) is 0.830. The number of benzene rings is 1. The van der Waals surface area contributed by atoms with E-state index in [0.717, 1.165) is 19.5 Å². The van der Waals surface area contributed by atoms with Crippen LogP contribution in [0, 0.1) is 0 Å². The average Bonchev–Trinajstić information content (AvgIpc) is 2.87. The molecule has 0 radical (unpaired) electrons. The predicted molar refractivity (Wildman–Crippen MR) is 103 cm³/mol. The topological polar surface area (TPSA) is 122 Å². The lowest BCUT2D eigenvalue weighted by atomic mass is 10.3. The summed E-state index contributed by atoms with van der Waals surface area (Å²) in [6, 6.07) is 10.2. The van der Waals surface area contributed by atoms with E-state index in [9.17, 15) is 4.79 Å². The smallest absolute Gasteiger partial charge is 0.408 e. The molecule has 9 heteroatoms. The van der Waals surface area contributed by atoms with Crippen molar-refractivity contribution in [1.29, 1.82) is 0 Å².